The standard InChI is InChI=1S/C14H16N2O5/c1-3-10(17)9-5-15-4-8-6-21-7(2)16(8)14(20)11(15)13(19)12(9)18/h5,7-8,19H,3-4,6H2,1-2H3/t7-,8+/m1/s1. The lowest BCUT2D eigenvalue weighted by atomic mass is 10.1. The molecule has 1 aromatic heterocycles. The van der Waals surface area contributed by atoms with Crippen LogP contribution in [-0.4, -0.2) is 45.1 Å². The normalized spacial score (nSPS) is 23.9. The van der Waals surface area contributed by atoms with Crippen molar-refractivity contribution in [3.05, 3.63) is 27.7 Å². The van der Waals surface area contributed by atoms with Crippen molar-refractivity contribution in [2.24, 2.45) is 0 Å². The Balaban J connectivity index is 2.17. The lowest BCUT2D eigenvalue weighted by molar-refractivity contribution is 0.0303. The van der Waals surface area contributed by atoms with Gasteiger partial charge in [0, 0.05) is 19.2 Å². The highest BCUT2D eigenvalue weighted by Gasteiger charge is 2.42. The van der Waals surface area contributed by atoms with E-state index in [1.54, 1.807) is 13.8 Å². The number of ether oxygens (including phenoxy) is 1. The van der Waals surface area contributed by atoms with Crippen LogP contribution in [0, 0.1) is 0 Å². The van der Waals surface area contributed by atoms with Crippen molar-refractivity contribution in [1.29, 1.82) is 0 Å². The number of ketones is 1. The highest BCUT2D eigenvalue weighted by Crippen LogP contribution is 2.29. The average molecular weight is 292 g/mol. The predicted molar refractivity (Wildman–Crippen MR) is 72.4 cm³/mol. The smallest absolute Gasteiger partial charge is 0.276 e. The van der Waals surface area contributed by atoms with Gasteiger partial charge in [0.15, 0.2) is 17.2 Å². The topological polar surface area (TPSA) is 88.8 Å². The van der Waals surface area contributed by atoms with Gasteiger partial charge in [-0.25, -0.2) is 0 Å². The lowest BCUT2D eigenvalue weighted by Crippen LogP contribution is -2.49. The Morgan fingerprint density at radius 3 is 2.86 bits per heavy atom. The van der Waals surface area contributed by atoms with Crippen molar-refractivity contribution in [3.63, 3.8) is 0 Å². The number of pyridine rings is 1. The Hall–Kier alpha value is -2.15. The van der Waals surface area contributed by atoms with Crippen molar-refractivity contribution in [3.8, 4) is 5.75 Å². The molecule has 2 aliphatic rings. The number of carbonyl (C=O) groups is 2. The minimum absolute atomic E-state index is 0.0683. The Bertz CT molecular complexity index is 693. The largest absolute Gasteiger partial charge is 0.503 e. The van der Waals surface area contributed by atoms with E-state index in [2.05, 4.69) is 0 Å². The van der Waals surface area contributed by atoms with Gasteiger partial charge in [-0.1, -0.05) is 6.92 Å². The summed E-state index contributed by atoms with van der Waals surface area (Å²) in [7, 11) is 0. The van der Waals surface area contributed by atoms with Crippen molar-refractivity contribution in [2.75, 3.05) is 6.61 Å². The van der Waals surface area contributed by atoms with Crippen LogP contribution in [0.2, 0.25) is 0 Å². The molecule has 0 radical (unpaired) electrons. The maximum absolute atomic E-state index is 12.5. The molecule has 1 fully saturated rings. The molecule has 2 atom stereocenters. The maximum atomic E-state index is 12.5. The Labute approximate surface area is 120 Å². The molecule has 1 amide bonds. The van der Waals surface area contributed by atoms with Crippen LogP contribution in [-0.2, 0) is 11.3 Å². The zero-order valence-corrected chi connectivity index (χ0v) is 11.8. The van der Waals surface area contributed by atoms with Crippen LogP contribution in [0.15, 0.2) is 11.0 Å². The molecule has 1 saturated heterocycles. The summed E-state index contributed by atoms with van der Waals surface area (Å²) in [5, 5.41) is 10.1. The van der Waals surface area contributed by atoms with Gasteiger partial charge in [0.05, 0.1) is 18.2 Å². The average Bonchev–Trinajstić information content (AvgIpc) is 2.83. The van der Waals surface area contributed by atoms with E-state index in [9.17, 15) is 19.5 Å². The number of Topliss-reactive ketones (excluding diaryl/α,β-unsaturated/α-hetero) is 1. The molecule has 0 aliphatic carbocycles. The first kappa shape index (κ1) is 13.8. The second-order valence-electron chi connectivity index (χ2n) is 5.30. The summed E-state index contributed by atoms with van der Waals surface area (Å²) in [6.07, 6.45) is 1.15. The quantitative estimate of drug-likeness (QED) is 0.794. The van der Waals surface area contributed by atoms with E-state index in [0.29, 0.717) is 13.2 Å². The monoisotopic (exact) mass is 292 g/mol. The summed E-state index contributed by atoms with van der Waals surface area (Å²) < 4.78 is 6.93. The van der Waals surface area contributed by atoms with E-state index in [1.807, 2.05) is 0 Å². The molecule has 0 saturated carbocycles. The van der Waals surface area contributed by atoms with E-state index in [0.717, 1.165) is 0 Å². The number of nitrogens with zero attached hydrogens (tertiary/aromatic N) is 2. The number of carbonyl (C=O) groups excluding carboxylic acids is 2. The fourth-order valence-electron chi connectivity index (χ4n) is 2.94. The molecule has 0 bridgehead atoms. The van der Waals surface area contributed by atoms with Gasteiger partial charge >= 0.3 is 0 Å². The zero-order chi connectivity index (χ0) is 15.3. The summed E-state index contributed by atoms with van der Waals surface area (Å²) in [5.41, 5.74) is -0.930. The molecule has 7 heteroatoms. The van der Waals surface area contributed by atoms with Crippen LogP contribution in [0.3, 0.4) is 0 Å². The van der Waals surface area contributed by atoms with E-state index in [-0.39, 0.29) is 35.7 Å². The third-order valence-corrected chi connectivity index (χ3v) is 4.04. The molecular formula is C14H16N2O5. The third kappa shape index (κ3) is 1.88. The second-order valence-corrected chi connectivity index (χ2v) is 5.30. The first-order chi connectivity index (χ1) is 9.95. The molecule has 2 aliphatic heterocycles. The molecule has 3 rings (SSSR count). The molecule has 112 valence electrons. The summed E-state index contributed by atoms with van der Waals surface area (Å²) >= 11 is 0. The van der Waals surface area contributed by atoms with Gasteiger partial charge in [-0.15, -0.1) is 0 Å². The molecule has 0 unspecified atom stereocenters. The van der Waals surface area contributed by atoms with Crippen LogP contribution in [0.4, 0.5) is 0 Å². The first-order valence-corrected chi connectivity index (χ1v) is 6.89. The van der Waals surface area contributed by atoms with Gasteiger partial charge in [0.2, 0.25) is 5.43 Å². The number of aromatic nitrogens is 1. The molecule has 1 aromatic rings. The minimum atomic E-state index is -0.785. The van der Waals surface area contributed by atoms with Gasteiger partial charge in [0.25, 0.3) is 5.91 Å². The van der Waals surface area contributed by atoms with Gasteiger partial charge in [0.1, 0.15) is 6.23 Å². The van der Waals surface area contributed by atoms with E-state index in [4.69, 9.17) is 4.74 Å². The number of fused-ring (bicyclic) bond motifs is 2. The zero-order valence-electron chi connectivity index (χ0n) is 11.8. The Kier molecular flexibility index (Phi) is 3.09. The van der Waals surface area contributed by atoms with E-state index in [1.165, 1.54) is 15.7 Å². The van der Waals surface area contributed by atoms with Gasteiger partial charge in [-0.2, -0.15) is 0 Å². The van der Waals surface area contributed by atoms with Crippen LogP contribution in [0.25, 0.3) is 0 Å². The summed E-state index contributed by atoms with van der Waals surface area (Å²) in [6, 6.07) is -0.147. The molecule has 21 heavy (non-hydrogen) atoms. The van der Waals surface area contributed by atoms with Gasteiger partial charge in [-0.3, -0.25) is 14.4 Å². The Morgan fingerprint density at radius 2 is 2.19 bits per heavy atom. The molecular weight excluding hydrogens is 276 g/mol. The first-order valence-electron chi connectivity index (χ1n) is 6.89. The molecule has 0 aromatic carbocycles. The lowest BCUT2D eigenvalue weighted by Gasteiger charge is -2.33. The highest BCUT2D eigenvalue weighted by molar-refractivity contribution is 6.00. The molecule has 0 spiro atoms. The van der Waals surface area contributed by atoms with Crippen LogP contribution in [0.5, 0.6) is 5.75 Å². The van der Waals surface area contributed by atoms with E-state index >= 15 is 0 Å². The fraction of sp³-hybridized carbons (Fsp3) is 0.500. The minimum Gasteiger partial charge on any atom is -0.503 e. The molecule has 7 nitrogen and oxygen atoms in total. The maximum Gasteiger partial charge on any atom is 0.276 e. The van der Waals surface area contributed by atoms with Crippen LogP contribution < -0.4 is 5.43 Å². The number of rotatable bonds is 2. The van der Waals surface area contributed by atoms with Crippen molar-refractivity contribution in [1.82, 2.24) is 9.47 Å². The number of amides is 1. The Morgan fingerprint density at radius 1 is 1.48 bits per heavy atom. The summed E-state index contributed by atoms with van der Waals surface area (Å²) in [6.45, 7) is 4.18. The second kappa shape index (κ2) is 4.70. The van der Waals surface area contributed by atoms with E-state index < -0.39 is 17.1 Å². The predicted octanol–water partition coefficient (Wildman–Crippen LogP) is 0.347. The summed E-state index contributed by atoms with van der Waals surface area (Å²) in [5.74, 6) is -1.45. The number of hydrogen-bond donors (Lipinski definition) is 1. The van der Waals surface area contributed by atoms with Crippen molar-refractivity contribution < 1.29 is 19.4 Å². The summed E-state index contributed by atoms with van der Waals surface area (Å²) in [4.78, 5) is 37.9. The van der Waals surface area contributed by atoms with Crippen LogP contribution in [0.1, 0.15) is 41.1 Å². The van der Waals surface area contributed by atoms with Crippen LogP contribution >= 0.6 is 0 Å². The molecule has 3 heterocycles. The highest BCUT2D eigenvalue weighted by atomic mass is 16.5. The van der Waals surface area contributed by atoms with Crippen molar-refractivity contribution in [2.45, 2.75) is 39.1 Å². The molecule has 1 N–H and O–H groups in total. The SMILES string of the molecule is CCC(=O)c1cn2c(c(O)c1=O)C(=O)N1[C@H](CO[C@@H]1C)C2. The van der Waals surface area contributed by atoms with Gasteiger partial charge < -0.3 is 19.3 Å². The third-order valence-electron chi connectivity index (χ3n) is 4.04. The fourth-order valence-corrected chi connectivity index (χ4v) is 2.94. The van der Waals surface area contributed by atoms with Crippen molar-refractivity contribution >= 4 is 11.7 Å². The number of hydrogen-bond acceptors (Lipinski definition) is 5. The van der Waals surface area contributed by atoms with Gasteiger partial charge in [-0.05, 0) is 6.92 Å². The number of aromatic hydroxyl groups is 1.